The smallest absolute Gasteiger partial charge is 0.137 e. The van der Waals surface area contributed by atoms with Crippen molar-refractivity contribution in [1.29, 1.82) is 0 Å². The second kappa shape index (κ2) is 3.32. The van der Waals surface area contributed by atoms with Crippen molar-refractivity contribution < 1.29 is 0 Å². The molecule has 0 amide bonds. The van der Waals surface area contributed by atoms with E-state index in [1.807, 2.05) is 12.3 Å². The van der Waals surface area contributed by atoms with Crippen LogP contribution < -0.4 is 5.73 Å². The molecule has 0 unspecified atom stereocenters. The van der Waals surface area contributed by atoms with E-state index in [0.29, 0.717) is 0 Å². The second-order valence-electron chi connectivity index (χ2n) is 4.97. The molecular weight excluding hydrogens is 198 g/mol. The Balaban J connectivity index is 1.93. The van der Waals surface area contributed by atoms with Gasteiger partial charge >= 0.3 is 0 Å². The van der Waals surface area contributed by atoms with Gasteiger partial charge < -0.3 is 10.1 Å². The summed E-state index contributed by atoms with van der Waals surface area (Å²) in [5, 5.41) is 0. The Hall–Kier alpha value is -1.35. The number of hydrogen-bond acceptors (Lipinski definition) is 2. The summed E-state index contributed by atoms with van der Waals surface area (Å²) in [4.78, 5) is 4.37. The summed E-state index contributed by atoms with van der Waals surface area (Å²) >= 11 is 0. The zero-order valence-electron chi connectivity index (χ0n) is 9.61. The van der Waals surface area contributed by atoms with Crippen LogP contribution in [0.5, 0.6) is 0 Å². The van der Waals surface area contributed by atoms with E-state index in [1.54, 1.807) is 0 Å². The summed E-state index contributed by atoms with van der Waals surface area (Å²) in [7, 11) is 0. The zero-order valence-corrected chi connectivity index (χ0v) is 9.61. The minimum atomic E-state index is 0.136. The van der Waals surface area contributed by atoms with Gasteiger partial charge in [0.2, 0.25) is 0 Å². The van der Waals surface area contributed by atoms with E-state index in [0.717, 1.165) is 18.5 Å². The van der Waals surface area contributed by atoms with E-state index in [-0.39, 0.29) is 5.54 Å². The Kier molecular flexibility index (Phi) is 2.04. The highest BCUT2D eigenvalue weighted by Crippen LogP contribution is 2.36. The molecule has 3 nitrogen and oxygen atoms in total. The van der Waals surface area contributed by atoms with Crippen LogP contribution in [-0.2, 0) is 6.42 Å². The molecule has 2 aromatic heterocycles. The third-order valence-corrected chi connectivity index (χ3v) is 3.56. The van der Waals surface area contributed by atoms with Crippen molar-refractivity contribution in [2.24, 2.45) is 5.73 Å². The van der Waals surface area contributed by atoms with E-state index in [4.69, 9.17) is 5.73 Å². The summed E-state index contributed by atoms with van der Waals surface area (Å²) in [6, 6.07) is 6.30. The van der Waals surface area contributed by atoms with Gasteiger partial charge in [-0.1, -0.05) is 6.07 Å². The van der Waals surface area contributed by atoms with Crippen molar-refractivity contribution in [2.45, 2.75) is 38.1 Å². The predicted octanol–water partition coefficient (Wildman–Crippen LogP) is 2.07. The first kappa shape index (κ1) is 9.85. The van der Waals surface area contributed by atoms with Crippen molar-refractivity contribution in [3.05, 3.63) is 35.8 Å². The lowest BCUT2D eigenvalue weighted by molar-refractivity contribution is 0.600. The normalized spacial score (nSPS) is 17.9. The molecule has 16 heavy (non-hydrogen) atoms. The first-order valence-electron chi connectivity index (χ1n) is 5.89. The Morgan fingerprint density at radius 3 is 3.00 bits per heavy atom. The first-order valence-corrected chi connectivity index (χ1v) is 5.89. The third-order valence-electron chi connectivity index (χ3n) is 3.56. The molecule has 1 saturated carbocycles. The molecule has 0 saturated heterocycles. The van der Waals surface area contributed by atoms with Crippen LogP contribution in [0.3, 0.4) is 0 Å². The lowest BCUT2D eigenvalue weighted by Gasteiger charge is -2.10. The lowest BCUT2D eigenvalue weighted by atomic mass is 10.1. The van der Waals surface area contributed by atoms with Crippen LogP contribution >= 0.6 is 0 Å². The first-order chi connectivity index (χ1) is 7.68. The molecule has 2 heterocycles. The minimum Gasteiger partial charge on any atom is -0.325 e. The maximum atomic E-state index is 6.13. The van der Waals surface area contributed by atoms with Gasteiger partial charge in [0.25, 0.3) is 0 Å². The number of nitrogens with two attached hydrogens (primary N) is 1. The summed E-state index contributed by atoms with van der Waals surface area (Å²) in [6.45, 7) is 2.10. The van der Waals surface area contributed by atoms with Crippen LogP contribution in [0.15, 0.2) is 24.4 Å². The van der Waals surface area contributed by atoms with E-state index < -0.39 is 0 Å². The Bertz CT molecular complexity index is 523. The van der Waals surface area contributed by atoms with Gasteiger partial charge in [-0.15, -0.1) is 0 Å². The fraction of sp³-hybridized carbons (Fsp3) is 0.462. The van der Waals surface area contributed by atoms with E-state index >= 15 is 0 Å². The van der Waals surface area contributed by atoms with Crippen LogP contribution in [0, 0.1) is 6.92 Å². The molecule has 0 bridgehead atoms. The van der Waals surface area contributed by atoms with Crippen LogP contribution in [-0.4, -0.2) is 14.9 Å². The molecule has 1 fully saturated rings. The van der Waals surface area contributed by atoms with Crippen LogP contribution in [0.4, 0.5) is 0 Å². The van der Waals surface area contributed by atoms with Crippen molar-refractivity contribution in [1.82, 2.24) is 9.38 Å². The van der Waals surface area contributed by atoms with E-state index in [1.165, 1.54) is 24.2 Å². The molecule has 1 aliphatic carbocycles. The van der Waals surface area contributed by atoms with Gasteiger partial charge in [0.1, 0.15) is 5.65 Å². The molecule has 3 rings (SSSR count). The molecule has 0 radical (unpaired) electrons. The largest absolute Gasteiger partial charge is 0.325 e. The van der Waals surface area contributed by atoms with Gasteiger partial charge in [0.05, 0.1) is 0 Å². The predicted molar refractivity (Wildman–Crippen MR) is 64.4 cm³/mol. The quantitative estimate of drug-likeness (QED) is 0.851. The van der Waals surface area contributed by atoms with Gasteiger partial charge in [0.15, 0.2) is 0 Å². The SMILES string of the molecule is Cc1cnc2cccc(CCC3(N)CC3)n12. The van der Waals surface area contributed by atoms with Crippen LogP contribution in [0.1, 0.15) is 30.7 Å². The summed E-state index contributed by atoms with van der Waals surface area (Å²) in [6.07, 6.45) is 6.43. The summed E-state index contributed by atoms with van der Waals surface area (Å²) < 4.78 is 2.23. The number of aryl methyl sites for hydroxylation is 2. The number of hydrogen-bond donors (Lipinski definition) is 1. The minimum absolute atomic E-state index is 0.136. The Morgan fingerprint density at radius 2 is 2.25 bits per heavy atom. The number of pyridine rings is 1. The number of nitrogens with zero attached hydrogens (tertiary/aromatic N) is 2. The molecule has 3 heteroatoms. The Morgan fingerprint density at radius 1 is 1.44 bits per heavy atom. The van der Waals surface area contributed by atoms with Gasteiger partial charge in [-0.05, 0) is 44.7 Å². The van der Waals surface area contributed by atoms with Crippen LogP contribution in [0.25, 0.3) is 5.65 Å². The van der Waals surface area contributed by atoms with Crippen molar-refractivity contribution >= 4 is 5.65 Å². The van der Waals surface area contributed by atoms with Gasteiger partial charge in [-0.3, -0.25) is 0 Å². The third kappa shape index (κ3) is 1.61. The molecule has 2 N–H and O–H groups in total. The molecule has 0 spiro atoms. The molecule has 0 aromatic carbocycles. The van der Waals surface area contributed by atoms with E-state index in [2.05, 4.69) is 28.4 Å². The lowest BCUT2D eigenvalue weighted by Crippen LogP contribution is -2.22. The molecule has 84 valence electrons. The van der Waals surface area contributed by atoms with Crippen molar-refractivity contribution in [3.8, 4) is 0 Å². The van der Waals surface area contributed by atoms with E-state index in [9.17, 15) is 0 Å². The fourth-order valence-electron chi connectivity index (χ4n) is 2.25. The number of imidazole rings is 1. The number of rotatable bonds is 3. The maximum Gasteiger partial charge on any atom is 0.137 e. The monoisotopic (exact) mass is 215 g/mol. The average molecular weight is 215 g/mol. The maximum absolute atomic E-state index is 6.13. The number of fused-ring (bicyclic) bond motifs is 1. The molecule has 0 aliphatic heterocycles. The van der Waals surface area contributed by atoms with Gasteiger partial charge in [-0.2, -0.15) is 0 Å². The topological polar surface area (TPSA) is 43.3 Å². The molecule has 2 aromatic rings. The van der Waals surface area contributed by atoms with Crippen molar-refractivity contribution in [3.63, 3.8) is 0 Å². The van der Waals surface area contributed by atoms with Crippen molar-refractivity contribution in [2.75, 3.05) is 0 Å². The highest BCUT2D eigenvalue weighted by atomic mass is 15.0. The summed E-state index contributed by atoms with van der Waals surface area (Å²) in [5.41, 5.74) is 9.83. The standard InChI is InChI=1S/C13H17N3/c1-10-9-15-12-4-2-3-11(16(10)12)5-6-13(14)7-8-13/h2-4,9H,5-8,14H2,1H3. The average Bonchev–Trinajstić information content (AvgIpc) is 2.90. The highest BCUT2D eigenvalue weighted by molar-refractivity contribution is 5.42. The fourth-order valence-corrected chi connectivity index (χ4v) is 2.25. The number of aromatic nitrogens is 2. The highest BCUT2D eigenvalue weighted by Gasteiger charge is 2.37. The molecular formula is C13H17N3. The Labute approximate surface area is 95.3 Å². The van der Waals surface area contributed by atoms with Crippen LogP contribution in [0.2, 0.25) is 0 Å². The van der Waals surface area contributed by atoms with Gasteiger partial charge in [0, 0.05) is 23.1 Å². The second-order valence-corrected chi connectivity index (χ2v) is 4.97. The van der Waals surface area contributed by atoms with Gasteiger partial charge in [-0.25, -0.2) is 4.98 Å². The molecule has 0 atom stereocenters. The molecule has 1 aliphatic rings. The zero-order chi connectivity index (χ0) is 11.2. The summed E-state index contributed by atoms with van der Waals surface area (Å²) in [5.74, 6) is 0.